The van der Waals surface area contributed by atoms with Gasteiger partial charge in [0.25, 0.3) is 17.7 Å². The third kappa shape index (κ3) is 3.91. The second-order valence-corrected chi connectivity index (χ2v) is 6.95. The zero-order valence-electron chi connectivity index (χ0n) is 16.1. The maximum absolute atomic E-state index is 12.5. The van der Waals surface area contributed by atoms with E-state index in [1.54, 1.807) is 12.0 Å². The number of hydrogen-bond acceptors (Lipinski definition) is 6. The van der Waals surface area contributed by atoms with Crippen molar-refractivity contribution < 1.29 is 28.7 Å². The maximum atomic E-state index is 12.5. The molecule has 3 amide bonds. The highest BCUT2D eigenvalue weighted by Crippen LogP contribution is 2.25. The summed E-state index contributed by atoms with van der Waals surface area (Å²) in [4.78, 5) is 52.5. The molecule has 1 fully saturated rings. The number of likely N-dealkylation sites (tertiary alicyclic amines) is 1. The first-order valence-corrected chi connectivity index (χ1v) is 9.43. The minimum Gasteiger partial charge on any atom is -0.449 e. The molecule has 0 aliphatic carbocycles. The van der Waals surface area contributed by atoms with Crippen LogP contribution in [0.5, 0.6) is 0 Å². The van der Waals surface area contributed by atoms with Crippen molar-refractivity contribution in [2.24, 2.45) is 0 Å². The summed E-state index contributed by atoms with van der Waals surface area (Å²) in [6.07, 6.45) is 1.54. The molecule has 3 rings (SSSR count). The lowest BCUT2D eigenvalue weighted by molar-refractivity contribution is -0.138. The number of hydrogen-bond donors (Lipinski definition) is 0. The normalized spacial score (nSPS) is 17.1. The van der Waals surface area contributed by atoms with E-state index in [1.165, 1.54) is 25.1 Å². The number of amides is 3. The van der Waals surface area contributed by atoms with Crippen LogP contribution in [-0.2, 0) is 14.3 Å². The molecule has 2 aliphatic heterocycles. The van der Waals surface area contributed by atoms with Gasteiger partial charge in [0.05, 0.1) is 16.7 Å². The van der Waals surface area contributed by atoms with E-state index in [9.17, 15) is 19.2 Å². The predicted molar refractivity (Wildman–Crippen MR) is 99.0 cm³/mol. The van der Waals surface area contributed by atoms with E-state index in [0.717, 1.165) is 17.7 Å². The van der Waals surface area contributed by atoms with Crippen LogP contribution in [0.1, 0.15) is 57.3 Å². The molecule has 1 aromatic carbocycles. The number of fused-ring (bicyclic) bond motifs is 1. The number of ether oxygens (including phenoxy) is 2. The fourth-order valence-corrected chi connectivity index (χ4v) is 3.46. The van der Waals surface area contributed by atoms with Crippen molar-refractivity contribution in [1.82, 2.24) is 9.80 Å². The Morgan fingerprint density at radius 3 is 2.46 bits per heavy atom. The monoisotopic (exact) mass is 388 g/mol. The summed E-state index contributed by atoms with van der Waals surface area (Å²) in [6.45, 7) is 3.58. The molecule has 8 nitrogen and oxygen atoms in total. The molecule has 28 heavy (non-hydrogen) atoms. The van der Waals surface area contributed by atoms with Gasteiger partial charge in [0.1, 0.15) is 0 Å². The highest BCUT2D eigenvalue weighted by atomic mass is 16.5. The zero-order valence-corrected chi connectivity index (χ0v) is 16.1. The molecule has 0 N–H and O–H groups in total. The van der Waals surface area contributed by atoms with Crippen LogP contribution in [0.2, 0.25) is 0 Å². The quantitative estimate of drug-likeness (QED) is 0.399. The van der Waals surface area contributed by atoms with Gasteiger partial charge in [0.2, 0.25) is 0 Å². The number of esters is 1. The lowest BCUT2D eigenvalue weighted by Gasteiger charge is -2.20. The molecule has 2 heterocycles. The Labute approximate surface area is 163 Å². The Morgan fingerprint density at radius 1 is 1.11 bits per heavy atom. The Kier molecular flexibility index (Phi) is 6.08. The maximum Gasteiger partial charge on any atom is 0.338 e. The molecule has 0 aromatic heterocycles. The van der Waals surface area contributed by atoms with Gasteiger partial charge < -0.3 is 14.4 Å². The highest BCUT2D eigenvalue weighted by Gasteiger charge is 2.36. The smallest absolute Gasteiger partial charge is 0.338 e. The second-order valence-electron chi connectivity index (χ2n) is 6.95. The molecule has 0 radical (unpaired) electrons. The molecule has 1 saturated heterocycles. The minimum absolute atomic E-state index is 0.139. The molecule has 1 atom stereocenters. The van der Waals surface area contributed by atoms with E-state index < -0.39 is 18.0 Å². The van der Waals surface area contributed by atoms with E-state index >= 15 is 0 Å². The highest BCUT2D eigenvalue weighted by molar-refractivity contribution is 6.22. The summed E-state index contributed by atoms with van der Waals surface area (Å²) in [7, 11) is 1.55. The topological polar surface area (TPSA) is 93.2 Å². The van der Waals surface area contributed by atoms with Gasteiger partial charge in [0.15, 0.2) is 6.10 Å². The van der Waals surface area contributed by atoms with Crippen LogP contribution < -0.4 is 0 Å². The van der Waals surface area contributed by atoms with Gasteiger partial charge >= 0.3 is 5.97 Å². The second kappa shape index (κ2) is 8.52. The van der Waals surface area contributed by atoms with Gasteiger partial charge in [-0.3, -0.25) is 19.3 Å². The predicted octanol–water partition coefficient (Wildman–Crippen LogP) is 1.49. The van der Waals surface area contributed by atoms with Crippen molar-refractivity contribution >= 4 is 23.7 Å². The summed E-state index contributed by atoms with van der Waals surface area (Å²) in [5.41, 5.74) is 0.579. The lowest BCUT2D eigenvalue weighted by Crippen LogP contribution is -2.38. The first-order valence-electron chi connectivity index (χ1n) is 9.43. The van der Waals surface area contributed by atoms with Crippen LogP contribution >= 0.6 is 0 Å². The molecule has 8 heteroatoms. The van der Waals surface area contributed by atoms with Crippen molar-refractivity contribution in [3.05, 3.63) is 34.9 Å². The van der Waals surface area contributed by atoms with Crippen LogP contribution in [0.3, 0.4) is 0 Å². The van der Waals surface area contributed by atoms with Crippen molar-refractivity contribution in [2.75, 3.05) is 33.4 Å². The van der Waals surface area contributed by atoms with E-state index in [4.69, 9.17) is 9.47 Å². The molecule has 2 aliphatic rings. The van der Waals surface area contributed by atoms with Crippen LogP contribution in [0.15, 0.2) is 18.2 Å². The molecular weight excluding hydrogens is 364 g/mol. The number of methoxy groups -OCH3 is 1. The Hall–Kier alpha value is -2.74. The van der Waals surface area contributed by atoms with Crippen molar-refractivity contribution in [3.8, 4) is 0 Å². The molecule has 0 spiro atoms. The van der Waals surface area contributed by atoms with E-state index in [0.29, 0.717) is 26.1 Å². The van der Waals surface area contributed by atoms with Gasteiger partial charge in [-0.15, -0.1) is 0 Å². The Bertz CT molecular complexity index is 800. The number of benzene rings is 1. The number of rotatable bonds is 7. The summed E-state index contributed by atoms with van der Waals surface area (Å²) in [6, 6.07) is 4.26. The zero-order chi connectivity index (χ0) is 20.3. The first kappa shape index (κ1) is 20.0. The average Bonchev–Trinajstić information content (AvgIpc) is 3.30. The largest absolute Gasteiger partial charge is 0.449 e. The van der Waals surface area contributed by atoms with Gasteiger partial charge in [-0.25, -0.2) is 4.79 Å². The molecule has 0 saturated carbocycles. The average molecular weight is 388 g/mol. The minimum atomic E-state index is -0.901. The fourth-order valence-electron chi connectivity index (χ4n) is 3.46. The fraction of sp³-hybridized carbons (Fsp3) is 0.500. The Morgan fingerprint density at radius 2 is 1.79 bits per heavy atom. The van der Waals surface area contributed by atoms with Crippen molar-refractivity contribution in [1.29, 1.82) is 0 Å². The molecule has 0 unspecified atom stereocenters. The van der Waals surface area contributed by atoms with Gasteiger partial charge in [-0.2, -0.15) is 0 Å². The van der Waals surface area contributed by atoms with Crippen molar-refractivity contribution in [3.63, 3.8) is 0 Å². The number of carbonyl (C=O) groups excluding carboxylic acids is 4. The van der Waals surface area contributed by atoms with E-state index in [1.807, 2.05) is 0 Å². The third-order valence-electron chi connectivity index (χ3n) is 4.99. The van der Waals surface area contributed by atoms with Gasteiger partial charge in [-0.1, -0.05) is 0 Å². The summed E-state index contributed by atoms with van der Waals surface area (Å²) >= 11 is 0. The standard InChI is InChI=1S/C20H24N2O6/c1-13(17(23)21-8-3-4-9-21)28-20(26)14-6-7-15-16(12-14)19(25)22(18(15)24)10-5-11-27-2/h6-7,12-13H,3-5,8-11H2,1-2H3/t13-/m0/s1. The summed E-state index contributed by atoms with van der Waals surface area (Å²) in [5, 5.41) is 0. The SMILES string of the molecule is COCCCN1C(=O)c2ccc(C(=O)O[C@@H](C)C(=O)N3CCCC3)cc2C1=O. The van der Waals surface area contributed by atoms with E-state index in [2.05, 4.69) is 0 Å². The molecular formula is C20H24N2O6. The molecule has 1 aromatic rings. The summed E-state index contributed by atoms with van der Waals surface area (Å²) < 4.78 is 10.2. The van der Waals surface area contributed by atoms with Crippen LogP contribution in [0.25, 0.3) is 0 Å². The van der Waals surface area contributed by atoms with Gasteiger partial charge in [0, 0.05) is 33.4 Å². The van der Waals surface area contributed by atoms with Crippen molar-refractivity contribution in [2.45, 2.75) is 32.3 Å². The summed E-state index contributed by atoms with van der Waals surface area (Å²) in [5.74, 6) is -1.73. The van der Waals surface area contributed by atoms with Gasteiger partial charge in [-0.05, 0) is 44.4 Å². The van der Waals surface area contributed by atoms with E-state index in [-0.39, 0.29) is 35.0 Å². The number of carbonyl (C=O) groups is 4. The van der Waals surface area contributed by atoms with Crippen LogP contribution in [0, 0.1) is 0 Å². The number of imide groups is 1. The van der Waals surface area contributed by atoms with Crippen LogP contribution in [0.4, 0.5) is 0 Å². The Balaban J connectivity index is 1.68. The first-order chi connectivity index (χ1) is 13.4. The lowest BCUT2D eigenvalue weighted by atomic mass is 10.1. The molecule has 0 bridgehead atoms. The third-order valence-corrected chi connectivity index (χ3v) is 4.99. The molecule has 150 valence electrons. The number of nitrogens with zero attached hydrogens (tertiary/aromatic N) is 2. The van der Waals surface area contributed by atoms with Crippen LogP contribution in [-0.4, -0.2) is 72.9 Å².